The number of hydrogen-bond acceptors (Lipinski definition) is 5. The number of anilines is 1. The van der Waals surface area contributed by atoms with Gasteiger partial charge in [0.2, 0.25) is 11.8 Å². The summed E-state index contributed by atoms with van der Waals surface area (Å²) in [5, 5.41) is 3.11. The van der Waals surface area contributed by atoms with Crippen LogP contribution in [0, 0.1) is 0 Å². The van der Waals surface area contributed by atoms with Crippen LogP contribution in [-0.2, 0) is 0 Å². The van der Waals surface area contributed by atoms with Crippen LogP contribution in [0.1, 0.15) is 13.3 Å². The summed E-state index contributed by atoms with van der Waals surface area (Å²) in [5.41, 5.74) is 0. The smallest absolute Gasteiger partial charge is 0.238 e. The normalized spacial score (nSPS) is 10.1. The number of rotatable bonds is 5. The molecule has 2 heterocycles. The molecular weight excluding hydrogens is 296 g/mol. The van der Waals surface area contributed by atoms with Gasteiger partial charge in [-0.1, -0.05) is 6.92 Å². The maximum absolute atomic E-state index is 5.63. The van der Waals surface area contributed by atoms with E-state index in [1.54, 1.807) is 24.7 Å². The summed E-state index contributed by atoms with van der Waals surface area (Å²) in [4.78, 5) is 12.4. The summed E-state index contributed by atoms with van der Waals surface area (Å²) in [6.07, 6.45) is 6.00. The van der Waals surface area contributed by atoms with Gasteiger partial charge in [0.25, 0.3) is 0 Å². The topological polar surface area (TPSA) is 59.9 Å². The molecule has 0 amide bonds. The second kappa shape index (κ2) is 6.30. The van der Waals surface area contributed by atoms with Crippen LogP contribution >= 0.6 is 15.9 Å². The summed E-state index contributed by atoms with van der Waals surface area (Å²) < 4.78 is 6.33. The second-order valence-electron chi connectivity index (χ2n) is 3.56. The third-order valence-corrected chi connectivity index (χ3v) is 2.64. The van der Waals surface area contributed by atoms with Gasteiger partial charge in [0.05, 0.1) is 16.9 Å². The van der Waals surface area contributed by atoms with Gasteiger partial charge in [0.15, 0.2) is 0 Å². The zero-order valence-corrected chi connectivity index (χ0v) is 11.5. The standard InChI is InChI=1S/C12H13BrN4O/c1-2-5-15-12-16-8-10(13)11(17-12)18-9-4-3-6-14-7-9/h3-4,6-8H,2,5H2,1H3,(H,15,16,17). The first-order chi connectivity index (χ1) is 8.79. The fraction of sp³-hybridized carbons (Fsp3) is 0.250. The molecule has 0 aliphatic rings. The zero-order valence-electron chi connectivity index (χ0n) is 9.93. The number of nitrogens with one attached hydrogen (secondary N) is 1. The number of halogens is 1. The molecular formula is C12H13BrN4O. The molecule has 0 atom stereocenters. The lowest BCUT2D eigenvalue weighted by molar-refractivity contribution is 0.456. The van der Waals surface area contributed by atoms with E-state index >= 15 is 0 Å². The molecule has 0 spiro atoms. The minimum atomic E-state index is 0.469. The van der Waals surface area contributed by atoms with E-state index in [1.807, 2.05) is 6.07 Å². The first kappa shape index (κ1) is 12.8. The third kappa shape index (κ3) is 3.40. The van der Waals surface area contributed by atoms with Crippen LogP contribution in [0.15, 0.2) is 35.2 Å². The molecule has 0 bridgehead atoms. The van der Waals surface area contributed by atoms with Crippen LogP contribution in [-0.4, -0.2) is 21.5 Å². The van der Waals surface area contributed by atoms with Gasteiger partial charge in [0, 0.05) is 12.7 Å². The van der Waals surface area contributed by atoms with Gasteiger partial charge >= 0.3 is 0 Å². The predicted molar refractivity (Wildman–Crippen MR) is 72.8 cm³/mol. The maximum Gasteiger partial charge on any atom is 0.238 e. The number of hydrogen-bond donors (Lipinski definition) is 1. The minimum Gasteiger partial charge on any atom is -0.436 e. The number of aromatic nitrogens is 3. The van der Waals surface area contributed by atoms with Crippen molar-refractivity contribution in [3.05, 3.63) is 35.2 Å². The molecule has 0 aliphatic carbocycles. The van der Waals surface area contributed by atoms with Crippen LogP contribution in [0.25, 0.3) is 0 Å². The van der Waals surface area contributed by atoms with Gasteiger partial charge in [-0.05, 0) is 34.5 Å². The number of ether oxygens (including phenoxy) is 1. The van der Waals surface area contributed by atoms with E-state index in [9.17, 15) is 0 Å². The molecule has 0 saturated carbocycles. The van der Waals surface area contributed by atoms with E-state index < -0.39 is 0 Å². The molecule has 0 aromatic carbocycles. The molecule has 1 N–H and O–H groups in total. The molecule has 0 radical (unpaired) electrons. The summed E-state index contributed by atoms with van der Waals surface area (Å²) in [5.74, 6) is 1.66. The van der Waals surface area contributed by atoms with Gasteiger partial charge in [-0.3, -0.25) is 4.98 Å². The van der Waals surface area contributed by atoms with Crippen LogP contribution in [0.5, 0.6) is 11.6 Å². The SMILES string of the molecule is CCCNc1ncc(Br)c(Oc2cccnc2)n1. The largest absolute Gasteiger partial charge is 0.436 e. The first-order valence-electron chi connectivity index (χ1n) is 5.64. The van der Waals surface area contributed by atoms with E-state index in [0.717, 1.165) is 13.0 Å². The van der Waals surface area contributed by atoms with Crippen molar-refractivity contribution in [2.24, 2.45) is 0 Å². The fourth-order valence-electron chi connectivity index (χ4n) is 1.26. The highest BCUT2D eigenvalue weighted by Crippen LogP contribution is 2.27. The van der Waals surface area contributed by atoms with Crippen LogP contribution in [0.2, 0.25) is 0 Å². The zero-order chi connectivity index (χ0) is 12.8. The molecule has 0 fully saturated rings. The Bertz CT molecular complexity index is 507. The number of nitrogens with zero attached hydrogens (tertiary/aromatic N) is 3. The van der Waals surface area contributed by atoms with Crippen molar-refractivity contribution in [3.8, 4) is 11.6 Å². The van der Waals surface area contributed by atoms with Crippen molar-refractivity contribution in [3.63, 3.8) is 0 Å². The Labute approximate surface area is 114 Å². The van der Waals surface area contributed by atoms with E-state index in [-0.39, 0.29) is 0 Å². The highest BCUT2D eigenvalue weighted by atomic mass is 79.9. The van der Waals surface area contributed by atoms with Gasteiger partial charge in [-0.25, -0.2) is 4.98 Å². The molecule has 2 rings (SSSR count). The van der Waals surface area contributed by atoms with E-state index in [1.165, 1.54) is 0 Å². The molecule has 2 aromatic rings. The van der Waals surface area contributed by atoms with Crippen LogP contribution in [0.3, 0.4) is 0 Å². The Balaban J connectivity index is 2.16. The van der Waals surface area contributed by atoms with Gasteiger partial charge in [-0.2, -0.15) is 4.98 Å². The van der Waals surface area contributed by atoms with Gasteiger partial charge in [0.1, 0.15) is 5.75 Å². The Kier molecular flexibility index (Phi) is 4.46. The van der Waals surface area contributed by atoms with Crippen LogP contribution in [0.4, 0.5) is 5.95 Å². The lowest BCUT2D eigenvalue weighted by Gasteiger charge is -2.08. The molecule has 0 unspecified atom stereocenters. The lowest BCUT2D eigenvalue weighted by atomic mass is 10.5. The van der Waals surface area contributed by atoms with Crippen molar-refractivity contribution >= 4 is 21.9 Å². The number of pyridine rings is 1. The van der Waals surface area contributed by atoms with Crippen LogP contribution < -0.4 is 10.1 Å². The summed E-state index contributed by atoms with van der Waals surface area (Å²) in [6, 6.07) is 3.63. The highest BCUT2D eigenvalue weighted by molar-refractivity contribution is 9.10. The van der Waals surface area contributed by atoms with Crippen molar-refractivity contribution < 1.29 is 4.74 Å². The second-order valence-corrected chi connectivity index (χ2v) is 4.42. The molecule has 0 aliphatic heterocycles. The predicted octanol–water partition coefficient (Wildman–Crippen LogP) is 3.25. The Morgan fingerprint density at radius 2 is 2.28 bits per heavy atom. The molecule has 18 heavy (non-hydrogen) atoms. The Hall–Kier alpha value is -1.69. The minimum absolute atomic E-state index is 0.469. The van der Waals surface area contributed by atoms with E-state index in [0.29, 0.717) is 22.1 Å². The van der Waals surface area contributed by atoms with Gasteiger partial charge in [-0.15, -0.1) is 0 Å². The van der Waals surface area contributed by atoms with Crippen molar-refractivity contribution in [1.82, 2.24) is 15.0 Å². The average molecular weight is 309 g/mol. The fourth-order valence-corrected chi connectivity index (χ4v) is 1.54. The summed E-state index contributed by atoms with van der Waals surface area (Å²) in [7, 11) is 0. The van der Waals surface area contributed by atoms with E-state index in [4.69, 9.17) is 4.74 Å². The van der Waals surface area contributed by atoms with Gasteiger partial charge < -0.3 is 10.1 Å². The molecule has 94 valence electrons. The van der Waals surface area contributed by atoms with E-state index in [2.05, 4.69) is 43.1 Å². The molecule has 6 heteroatoms. The molecule has 5 nitrogen and oxygen atoms in total. The Morgan fingerprint density at radius 3 is 3.00 bits per heavy atom. The quantitative estimate of drug-likeness (QED) is 0.918. The highest BCUT2D eigenvalue weighted by Gasteiger charge is 2.07. The summed E-state index contributed by atoms with van der Waals surface area (Å²) in [6.45, 7) is 2.91. The summed E-state index contributed by atoms with van der Waals surface area (Å²) >= 11 is 3.36. The monoisotopic (exact) mass is 308 g/mol. The van der Waals surface area contributed by atoms with Crippen molar-refractivity contribution in [1.29, 1.82) is 0 Å². The van der Waals surface area contributed by atoms with Crippen molar-refractivity contribution in [2.45, 2.75) is 13.3 Å². The lowest BCUT2D eigenvalue weighted by Crippen LogP contribution is -2.05. The molecule has 0 saturated heterocycles. The maximum atomic E-state index is 5.63. The Morgan fingerprint density at radius 1 is 1.39 bits per heavy atom. The molecule has 2 aromatic heterocycles. The van der Waals surface area contributed by atoms with Crippen molar-refractivity contribution in [2.75, 3.05) is 11.9 Å². The first-order valence-corrected chi connectivity index (χ1v) is 6.43. The average Bonchev–Trinajstić information content (AvgIpc) is 2.41. The third-order valence-electron chi connectivity index (χ3n) is 2.09.